The smallest absolute Gasteiger partial charge is 0.0787 e. The lowest BCUT2D eigenvalue weighted by atomic mass is 9.91. The van der Waals surface area contributed by atoms with Gasteiger partial charge >= 0.3 is 0 Å². The highest BCUT2D eigenvalue weighted by Gasteiger charge is 2.28. The molecule has 1 rings (SSSR count). The number of allylic oxidation sites excluding steroid dienone is 1. The first-order valence-electron chi connectivity index (χ1n) is 8.11. The third kappa shape index (κ3) is 6.30. The average molecular weight is 390 g/mol. The maximum absolute atomic E-state index is 6.16. The second-order valence-corrected chi connectivity index (χ2v) is 7.90. The van der Waals surface area contributed by atoms with Gasteiger partial charge in [0.15, 0.2) is 0 Å². The maximum Gasteiger partial charge on any atom is 0.0787 e. The molecule has 0 aromatic carbocycles. The van der Waals surface area contributed by atoms with E-state index in [1.165, 1.54) is 41.3 Å². The Kier molecular flexibility index (Phi) is 8.42. The predicted molar refractivity (Wildman–Crippen MR) is 97.3 cm³/mol. The van der Waals surface area contributed by atoms with Gasteiger partial charge in [-0.05, 0) is 75.7 Å². The van der Waals surface area contributed by atoms with E-state index in [1.807, 2.05) is 0 Å². The Labute approximate surface area is 139 Å². The number of unbranched alkanes of at least 4 members (excludes halogenated alkanes) is 1. The molecule has 1 aliphatic rings. The molecule has 0 spiro atoms. The van der Waals surface area contributed by atoms with Gasteiger partial charge < -0.3 is 4.74 Å². The molecule has 1 nitrogen and oxygen atoms in total. The maximum atomic E-state index is 6.16. The molecule has 116 valence electrons. The minimum atomic E-state index is 0.317. The van der Waals surface area contributed by atoms with Gasteiger partial charge in [-0.2, -0.15) is 0 Å². The van der Waals surface area contributed by atoms with Crippen LogP contribution in [0.25, 0.3) is 0 Å². The van der Waals surface area contributed by atoms with Gasteiger partial charge in [0.25, 0.3) is 0 Å². The second-order valence-electron chi connectivity index (χ2n) is 6.52. The largest absolute Gasteiger partial charge is 0.370 e. The molecule has 0 amide bonds. The van der Waals surface area contributed by atoms with Crippen LogP contribution in [0.3, 0.4) is 0 Å². The summed E-state index contributed by atoms with van der Waals surface area (Å²) in [5, 5.41) is 0. The zero-order valence-corrected chi connectivity index (χ0v) is 15.6. The van der Waals surface area contributed by atoms with E-state index >= 15 is 0 Å². The van der Waals surface area contributed by atoms with Gasteiger partial charge in [-0.1, -0.05) is 46.8 Å². The summed E-state index contributed by atoms with van der Waals surface area (Å²) in [7, 11) is 0. The molecule has 0 saturated carbocycles. The lowest BCUT2D eigenvalue weighted by molar-refractivity contribution is 0.0389. The number of hydrogen-bond acceptors (Lipinski definition) is 1. The fourth-order valence-corrected chi connectivity index (χ4v) is 3.21. The van der Waals surface area contributed by atoms with Crippen LogP contribution >= 0.6 is 22.6 Å². The molecule has 0 radical (unpaired) electrons. The quantitative estimate of drug-likeness (QED) is 0.332. The van der Waals surface area contributed by atoms with Gasteiger partial charge in [-0.3, -0.25) is 0 Å². The number of halogens is 1. The zero-order chi connectivity index (χ0) is 15.1. The molecule has 0 aromatic heterocycles. The minimum Gasteiger partial charge on any atom is -0.370 e. The van der Waals surface area contributed by atoms with Crippen molar-refractivity contribution in [3.05, 3.63) is 22.3 Å². The summed E-state index contributed by atoms with van der Waals surface area (Å²) in [5.41, 5.74) is 1.32. The number of ether oxygens (including phenoxy) is 1. The van der Waals surface area contributed by atoms with Crippen LogP contribution in [0.1, 0.15) is 65.7 Å². The standard InChI is InChI=1S/C18H31IO/c1-6-7-8-17-12-15(4)18(20-17)10-9-13(2)11-14(3)16(5)19/h13-14,17-18H,4-12H2,1-3H3/t13?,14?,17-,18?/m0/s1. The molecule has 2 heteroatoms. The molecule has 3 unspecified atom stereocenters. The molecule has 0 N–H and O–H groups in total. The molecule has 1 heterocycles. The summed E-state index contributed by atoms with van der Waals surface area (Å²) in [6, 6.07) is 0. The van der Waals surface area contributed by atoms with Crippen molar-refractivity contribution in [2.75, 3.05) is 0 Å². The Morgan fingerprint density at radius 1 is 1.40 bits per heavy atom. The highest BCUT2D eigenvalue weighted by Crippen LogP contribution is 2.32. The van der Waals surface area contributed by atoms with Gasteiger partial charge in [0.05, 0.1) is 12.2 Å². The van der Waals surface area contributed by atoms with E-state index in [4.69, 9.17) is 4.74 Å². The van der Waals surface area contributed by atoms with Gasteiger partial charge in [0, 0.05) is 0 Å². The summed E-state index contributed by atoms with van der Waals surface area (Å²) in [6.45, 7) is 15.1. The van der Waals surface area contributed by atoms with Crippen LogP contribution in [0.15, 0.2) is 22.3 Å². The van der Waals surface area contributed by atoms with Crippen LogP contribution in [0.4, 0.5) is 0 Å². The van der Waals surface area contributed by atoms with Crippen molar-refractivity contribution < 1.29 is 4.74 Å². The topological polar surface area (TPSA) is 9.23 Å². The molecule has 1 saturated heterocycles. The third-order valence-electron chi connectivity index (χ3n) is 4.39. The van der Waals surface area contributed by atoms with E-state index in [1.54, 1.807) is 0 Å². The van der Waals surface area contributed by atoms with Crippen LogP contribution in [0, 0.1) is 11.8 Å². The van der Waals surface area contributed by atoms with Crippen LogP contribution in [-0.4, -0.2) is 12.2 Å². The normalized spacial score (nSPS) is 25.7. The van der Waals surface area contributed by atoms with Crippen LogP contribution in [0.2, 0.25) is 0 Å². The van der Waals surface area contributed by atoms with E-state index in [9.17, 15) is 0 Å². The van der Waals surface area contributed by atoms with Crippen molar-refractivity contribution in [3.63, 3.8) is 0 Å². The van der Waals surface area contributed by atoms with Crippen molar-refractivity contribution >= 4 is 22.6 Å². The molecule has 0 aliphatic carbocycles. The Balaban J connectivity index is 2.27. The summed E-state index contributed by atoms with van der Waals surface area (Å²) >= 11 is 2.35. The summed E-state index contributed by atoms with van der Waals surface area (Å²) in [6.07, 6.45) is 9.19. The van der Waals surface area contributed by atoms with E-state index in [2.05, 4.69) is 56.5 Å². The second kappa shape index (κ2) is 9.24. The first kappa shape index (κ1) is 18.2. The Morgan fingerprint density at radius 2 is 2.10 bits per heavy atom. The zero-order valence-electron chi connectivity index (χ0n) is 13.5. The molecular weight excluding hydrogens is 359 g/mol. The van der Waals surface area contributed by atoms with Gasteiger partial charge in [-0.25, -0.2) is 0 Å². The Morgan fingerprint density at radius 3 is 2.70 bits per heavy atom. The van der Waals surface area contributed by atoms with Crippen LogP contribution < -0.4 is 0 Å². The highest BCUT2D eigenvalue weighted by atomic mass is 127. The van der Waals surface area contributed by atoms with E-state index in [-0.39, 0.29) is 0 Å². The van der Waals surface area contributed by atoms with E-state index in [0.717, 1.165) is 18.8 Å². The van der Waals surface area contributed by atoms with E-state index in [0.29, 0.717) is 18.1 Å². The summed E-state index contributed by atoms with van der Waals surface area (Å²) in [4.78, 5) is 0. The average Bonchev–Trinajstić information content (AvgIpc) is 2.74. The SMILES string of the molecule is C=C(I)C(C)CC(C)CCC1O[C@@H](CCCC)CC1=C. The van der Waals surface area contributed by atoms with E-state index < -0.39 is 0 Å². The molecule has 0 aromatic rings. The lowest BCUT2D eigenvalue weighted by Crippen LogP contribution is -2.13. The minimum absolute atomic E-state index is 0.317. The summed E-state index contributed by atoms with van der Waals surface area (Å²) < 4.78 is 7.43. The van der Waals surface area contributed by atoms with Crippen molar-refractivity contribution in [2.45, 2.75) is 77.9 Å². The fourth-order valence-electron chi connectivity index (χ4n) is 2.96. The molecule has 0 bridgehead atoms. The monoisotopic (exact) mass is 390 g/mol. The number of rotatable bonds is 9. The number of hydrogen-bond donors (Lipinski definition) is 0. The summed E-state index contributed by atoms with van der Waals surface area (Å²) in [5.74, 6) is 1.36. The third-order valence-corrected chi connectivity index (χ3v) is 5.46. The fraction of sp³-hybridized carbons (Fsp3) is 0.778. The van der Waals surface area contributed by atoms with Gasteiger partial charge in [0.2, 0.25) is 0 Å². The van der Waals surface area contributed by atoms with Crippen molar-refractivity contribution in [1.29, 1.82) is 0 Å². The Bertz CT molecular complexity index is 323. The molecule has 4 atom stereocenters. The van der Waals surface area contributed by atoms with Crippen molar-refractivity contribution in [2.24, 2.45) is 11.8 Å². The first-order chi connectivity index (χ1) is 9.43. The Hall–Kier alpha value is 0.170. The first-order valence-corrected chi connectivity index (χ1v) is 9.19. The lowest BCUT2D eigenvalue weighted by Gasteiger charge is -2.19. The molecular formula is C18H31IO. The van der Waals surface area contributed by atoms with Gasteiger partial charge in [-0.15, -0.1) is 0 Å². The molecule has 20 heavy (non-hydrogen) atoms. The molecule has 1 aliphatic heterocycles. The highest BCUT2D eigenvalue weighted by molar-refractivity contribution is 14.1. The molecule has 1 fully saturated rings. The van der Waals surface area contributed by atoms with Crippen molar-refractivity contribution in [1.82, 2.24) is 0 Å². The van der Waals surface area contributed by atoms with Crippen LogP contribution in [0.5, 0.6) is 0 Å². The predicted octanol–water partition coefficient (Wildman–Crippen LogP) is 6.28. The van der Waals surface area contributed by atoms with Crippen LogP contribution in [-0.2, 0) is 4.74 Å². The van der Waals surface area contributed by atoms with Crippen molar-refractivity contribution in [3.8, 4) is 0 Å². The van der Waals surface area contributed by atoms with Gasteiger partial charge in [0.1, 0.15) is 0 Å².